The molecule has 3 rings (SSSR count). The molecule has 0 spiro atoms. The lowest BCUT2D eigenvalue weighted by molar-refractivity contribution is 0.102. The van der Waals surface area contributed by atoms with Gasteiger partial charge in [0.25, 0.3) is 5.91 Å². The third-order valence-electron chi connectivity index (χ3n) is 3.62. The second-order valence-electron chi connectivity index (χ2n) is 5.33. The van der Waals surface area contributed by atoms with Crippen molar-refractivity contribution in [3.8, 4) is 0 Å². The molecule has 0 fully saturated rings. The van der Waals surface area contributed by atoms with Crippen molar-refractivity contribution in [2.24, 2.45) is 0 Å². The molecule has 3 aromatic rings. The highest BCUT2D eigenvalue weighted by Gasteiger charge is 2.17. The van der Waals surface area contributed by atoms with E-state index in [1.165, 1.54) is 18.5 Å². The van der Waals surface area contributed by atoms with Crippen LogP contribution in [0.5, 0.6) is 0 Å². The predicted molar refractivity (Wildman–Crippen MR) is 98.3 cm³/mol. The van der Waals surface area contributed by atoms with Gasteiger partial charge in [-0.3, -0.25) is 9.78 Å². The predicted octanol–water partition coefficient (Wildman–Crippen LogP) is 4.22. The smallest absolute Gasteiger partial charge is 0.257 e. The standard InChI is InChI=1S/C18H15ClFN5O/c1-2-14-13(4-3-9-21-14)18(26)25-15-16(19)22-10-23-17(15)24-12-7-5-11(20)6-8-12/h3-10H,2H2,1H3,(H,25,26)(H,22,23,24). The van der Waals surface area contributed by atoms with Crippen LogP contribution in [-0.4, -0.2) is 20.9 Å². The number of carbonyl (C=O) groups excluding carboxylic acids is 1. The minimum absolute atomic E-state index is 0.0832. The maximum Gasteiger partial charge on any atom is 0.257 e. The first-order valence-electron chi connectivity index (χ1n) is 7.86. The molecule has 2 N–H and O–H groups in total. The van der Waals surface area contributed by atoms with Gasteiger partial charge in [-0.25, -0.2) is 14.4 Å². The summed E-state index contributed by atoms with van der Waals surface area (Å²) < 4.78 is 13.1. The van der Waals surface area contributed by atoms with Crippen molar-refractivity contribution in [3.63, 3.8) is 0 Å². The van der Waals surface area contributed by atoms with Crippen LogP contribution in [0.25, 0.3) is 0 Å². The number of amides is 1. The number of rotatable bonds is 5. The minimum Gasteiger partial charge on any atom is -0.338 e. The lowest BCUT2D eigenvalue weighted by Gasteiger charge is -2.14. The third kappa shape index (κ3) is 3.94. The molecule has 2 aromatic heterocycles. The van der Waals surface area contributed by atoms with Gasteiger partial charge < -0.3 is 10.6 Å². The number of pyridine rings is 1. The molecule has 26 heavy (non-hydrogen) atoms. The van der Waals surface area contributed by atoms with E-state index in [0.717, 1.165) is 0 Å². The molecular formula is C18H15ClFN5O. The fourth-order valence-corrected chi connectivity index (χ4v) is 2.53. The molecule has 0 radical (unpaired) electrons. The number of benzene rings is 1. The van der Waals surface area contributed by atoms with Gasteiger partial charge in [-0.05, 0) is 42.8 Å². The number of hydrogen-bond acceptors (Lipinski definition) is 5. The van der Waals surface area contributed by atoms with Crippen LogP contribution in [0, 0.1) is 5.82 Å². The maximum atomic E-state index is 13.1. The van der Waals surface area contributed by atoms with Gasteiger partial charge in [-0.1, -0.05) is 18.5 Å². The Kier molecular flexibility index (Phi) is 5.38. The number of hydrogen-bond donors (Lipinski definition) is 2. The molecule has 0 bridgehead atoms. The zero-order valence-electron chi connectivity index (χ0n) is 13.8. The Bertz CT molecular complexity index is 933. The van der Waals surface area contributed by atoms with Crippen molar-refractivity contribution in [2.45, 2.75) is 13.3 Å². The molecular weight excluding hydrogens is 357 g/mol. The van der Waals surface area contributed by atoms with E-state index in [4.69, 9.17) is 11.6 Å². The van der Waals surface area contributed by atoms with E-state index in [1.54, 1.807) is 30.5 Å². The fraction of sp³-hybridized carbons (Fsp3) is 0.111. The van der Waals surface area contributed by atoms with Crippen LogP contribution in [-0.2, 0) is 6.42 Å². The molecule has 132 valence electrons. The molecule has 1 aromatic carbocycles. The number of halogens is 2. The Labute approximate surface area is 154 Å². The molecule has 2 heterocycles. The highest BCUT2D eigenvalue weighted by molar-refractivity contribution is 6.33. The summed E-state index contributed by atoms with van der Waals surface area (Å²) in [6.45, 7) is 1.92. The zero-order valence-corrected chi connectivity index (χ0v) is 14.6. The SMILES string of the molecule is CCc1ncccc1C(=O)Nc1c(Cl)ncnc1Nc1ccc(F)cc1. The van der Waals surface area contributed by atoms with Crippen molar-refractivity contribution < 1.29 is 9.18 Å². The number of nitrogens with one attached hydrogen (secondary N) is 2. The van der Waals surface area contributed by atoms with Crippen LogP contribution in [0.1, 0.15) is 23.0 Å². The van der Waals surface area contributed by atoms with E-state index in [0.29, 0.717) is 29.2 Å². The Hall–Kier alpha value is -3.06. The first-order valence-corrected chi connectivity index (χ1v) is 8.24. The number of aromatic nitrogens is 3. The first-order chi connectivity index (χ1) is 12.6. The van der Waals surface area contributed by atoms with Gasteiger partial charge >= 0.3 is 0 Å². The van der Waals surface area contributed by atoms with Crippen molar-refractivity contribution in [1.29, 1.82) is 0 Å². The normalized spacial score (nSPS) is 10.4. The molecule has 0 saturated heterocycles. The van der Waals surface area contributed by atoms with Gasteiger partial charge in [0.05, 0.1) is 11.3 Å². The summed E-state index contributed by atoms with van der Waals surface area (Å²) in [4.78, 5) is 24.9. The Morgan fingerprint density at radius 1 is 1.15 bits per heavy atom. The van der Waals surface area contributed by atoms with Gasteiger partial charge in [0.15, 0.2) is 11.0 Å². The van der Waals surface area contributed by atoms with E-state index in [9.17, 15) is 9.18 Å². The molecule has 0 atom stereocenters. The lowest BCUT2D eigenvalue weighted by Crippen LogP contribution is -2.17. The van der Waals surface area contributed by atoms with E-state index in [2.05, 4.69) is 25.6 Å². The van der Waals surface area contributed by atoms with Crippen LogP contribution in [0.4, 0.5) is 21.6 Å². The highest BCUT2D eigenvalue weighted by Crippen LogP contribution is 2.29. The Morgan fingerprint density at radius 3 is 2.65 bits per heavy atom. The van der Waals surface area contributed by atoms with Crippen LogP contribution >= 0.6 is 11.6 Å². The second-order valence-corrected chi connectivity index (χ2v) is 5.68. The summed E-state index contributed by atoms with van der Waals surface area (Å²) in [5, 5.41) is 5.81. The minimum atomic E-state index is -0.367. The number of aryl methyl sites for hydroxylation is 1. The van der Waals surface area contributed by atoms with Crippen molar-refractivity contribution in [3.05, 3.63) is 71.2 Å². The van der Waals surface area contributed by atoms with Crippen LogP contribution in [0.2, 0.25) is 5.15 Å². The largest absolute Gasteiger partial charge is 0.338 e. The highest BCUT2D eigenvalue weighted by atomic mass is 35.5. The molecule has 1 amide bonds. The molecule has 0 aliphatic heterocycles. The average molecular weight is 372 g/mol. The molecule has 0 aliphatic carbocycles. The maximum absolute atomic E-state index is 13.1. The quantitative estimate of drug-likeness (QED) is 0.656. The molecule has 8 heteroatoms. The van der Waals surface area contributed by atoms with Gasteiger partial charge in [-0.15, -0.1) is 0 Å². The zero-order chi connectivity index (χ0) is 18.5. The molecule has 0 aliphatic rings. The first kappa shape index (κ1) is 17.8. The Morgan fingerprint density at radius 2 is 1.92 bits per heavy atom. The molecule has 0 saturated carbocycles. The van der Waals surface area contributed by atoms with Gasteiger partial charge in [0.1, 0.15) is 17.8 Å². The van der Waals surface area contributed by atoms with E-state index < -0.39 is 0 Å². The molecule has 6 nitrogen and oxygen atoms in total. The topological polar surface area (TPSA) is 79.8 Å². The fourth-order valence-electron chi connectivity index (χ4n) is 2.35. The number of nitrogens with zero attached hydrogens (tertiary/aromatic N) is 3. The monoisotopic (exact) mass is 371 g/mol. The van der Waals surface area contributed by atoms with Gasteiger partial charge in [-0.2, -0.15) is 0 Å². The van der Waals surface area contributed by atoms with E-state index in [-0.39, 0.29) is 22.6 Å². The van der Waals surface area contributed by atoms with Crippen LogP contribution in [0.3, 0.4) is 0 Å². The number of carbonyl (C=O) groups is 1. The van der Waals surface area contributed by atoms with Gasteiger partial charge in [0.2, 0.25) is 0 Å². The van der Waals surface area contributed by atoms with Gasteiger partial charge in [0, 0.05) is 11.9 Å². The summed E-state index contributed by atoms with van der Waals surface area (Å²) in [6, 6.07) is 9.10. The second kappa shape index (κ2) is 7.88. The van der Waals surface area contributed by atoms with Crippen molar-refractivity contribution in [2.75, 3.05) is 10.6 Å². The summed E-state index contributed by atoms with van der Waals surface area (Å²) in [5.74, 6) is -0.422. The molecule has 0 unspecified atom stereocenters. The van der Waals surface area contributed by atoms with Crippen LogP contribution < -0.4 is 10.6 Å². The Balaban J connectivity index is 1.90. The average Bonchev–Trinajstić information content (AvgIpc) is 2.66. The summed E-state index contributed by atoms with van der Waals surface area (Å²) in [6.07, 6.45) is 3.52. The number of anilines is 3. The summed E-state index contributed by atoms with van der Waals surface area (Å²) >= 11 is 6.14. The van der Waals surface area contributed by atoms with E-state index in [1.807, 2.05) is 6.92 Å². The van der Waals surface area contributed by atoms with Crippen LogP contribution in [0.15, 0.2) is 48.9 Å². The third-order valence-corrected chi connectivity index (χ3v) is 3.90. The van der Waals surface area contributed by atoms with Crippen molar-refractivity contribution >= 4 is 34.7 Å². The van der Waals surface area contributed by atoms with E-state index >= 15 is 0 Å². The lowest BCUT2D eigenvalue weighted by atomic mass is 10.1. The van der Waals surface area contributed by atoms with Crippen molar-refractivity contribution in [1.82, 2.24) is 15.0 Å². The summed E-state index contributed by atoms with van der Waals surface area (Å²) in [7, 11) is 0. The summed E-state index contributed by atoms with van der Waals surface area (Å²) in [5.41, 5.74) is 1.94.